The number of halogens is 2. The molecule has 1 saturated heterocycles. The molecule has 2 rings (SSSR count). The van der Waals surface area contributed by atoms with E-state index < -0.39 is 0 Å². The SMILES string of the molecule is CCCC1(C(=O)Cc2c(F)cccc2Cl)CCNCC1. The van der Waals surface area contributed by atoms with E-state index in [1.54, 1.807) is 12.1 Å². The number of hydrogen-bond acceptors (Lipinski definition) is 2. The topological polar surface area (TPSA) is 29.1 Å². The predicted octanol–water partition coefficient (Wildman–Crippen LogP) is 3.76. The van der Waals surface area contributed by atoms with Gasteiger partial charge in [0.25, 0.3) is 0 Å². The van der Waals surface area contributed by atoms with Crippen molar-refractivity contribution >= 4 is 17.4 Å². The van der Waals surface area contributed by atoms with Crippen LogP contribution in [0.15, 0.2) is 18.2 Å². The lowest BCUT2D eigenvalue weighted by atomic mass is 9.70. The zero-order valence-corrected chi connectivity index (χ0v) is 12.6. The second kappa shape index (κ2) is 6.68. The van der Waals surface area contributed by atoms with Gasteiger partial charge in [-0.05, 0) is 44.5 Å². The largest absolute Gasteiger partial charge is 0.317 e. The second-order valence-electron chi connectivity index (χ2n) is 5.58. The molecule has 0 atom stereocenters. The van der Waals surface area contributed by atoms with Gasteiger partial charge in [-0.3, -0.25) is 4.79 Å². The van der Waals surface area contributed by atoms with Crippen molar-refractivity contribution in [1.82, 2.24) is 5.32 Å². The first-order valence-electron chi connectivity index (χ1n) is 7.26. The molecular formula is C16H21ClFNO. The molecule has 0 radical (unpaired) electrons. The molecule has 0 amide bonds. The van der Waals surface area contributed by atoms with Crippen LogP contribution < -0.4 is 5.32 Å². The molecular weight excluding hydrogens is 277 g/mol. The third-order valence-electron chi connectivity index (χ3n) is 4.28. The van der Waals surface area contributed by atoms with Crippen LogP contribution >= 0.6 is 11.6 Å². The minimum absolute atomic E-state index is 0.103. The summed E-state index contributed by atoms with van der Waals surface area (Å²) >= 11 is 6.03. The number of hydrogen-bond donors (Lipinski definition) is 1. The first kappa shape index (κ1) is 15.5. The molecule has 0 saturated carbocycles. The molecule has 1 aliphatic rings. The number of benzene rings is 1. The molecule has 20 heavy (non-hydrogen) atoms. The zero-order valence-electron chi connectivity index (χ0n) is 11.8. The molecule has 1 heterocycles. The van der Waals surface area contributed by atoms with Gasteiger partial charge in [-0.1, -0.05) is 31.0 Å². The second-order valence-corrected chi connectivity index (χ2v) is 5.99. The van der Waals surface area contributed by atoms with Gasteiger partial charge in [0.2, 0.25) is 0 Å². The van der Waals surface area contributed by atoms with E-state index in [1.807, 2.05) is 0 Å². The minimum Gasteiger partial charge on any atom is -0.317 e. The smallest absolute Gasteiger partial charge is 0.143 e. The summed E-state index contributed by atoms with van der Waals surface area (Å²) in [4.78, 5) is 12.7. The van der Waals surface area contributed by atoms with Crippen LogP contribution in [0.2, 0.25) is 5.02 Å². The van der Waals surface area contributed by atoms with Gasteiger partial charge in [0.1, 0.15) is 11.6 Å². The van der Waals surface area contributed by atoms with E-state index in [0.29, 0.717) is 10.6 Å². The standard InChI is InChI=1S/C16H21ClFNO/c1-2-6-16(7-9-19-10-8-16)15(20)11-12-13(17)4-3-5-14(12)18/h3-5,19H,2,6-11H2,1H3. The number of carbonyl (C=O) groups is 1. The average molecular weight is 298 g/mol. The van der Waals surface area contributed by atoms with E-state index in [1.165, 1.54) is 6.07 Å². The summed E-state index contributed by atoms with van der Waals surface area (Å²) in [5.41, 5.74) is 0.0409. The van der Waals surface area contributed by atoms with Crippen molar-refractivity contribution in [3.63, 3.8) is 0 Å². The van der Waals surface area contributed by atoms with Gasteiger partial charge in [0, 0.05) is 22.4 Å². The summed E-state index contributed by atoms with van der Waals surface area (Å²) in [5.74, 6) is -0.251. The molecule has 1 aromatic rings. The molecule has 0 aliphatic carbocycles. The average Bonchev–Trinajstić information content (AvgIpc) is 2.44. The molecule has 4 heteroatoms. The molecule has 110 valence electrons. The zero-order chi connectivity index (χ0) is 14.6. The fourth-order valence-corrected chi connectivity index (χ4v) is 3.33. The van der Waals surface area contributed by atoms with E-state index >= 15 is 0 Å². The Balaban J connectivity index is 2.20. The monoisotopic (exact) mass is 297 g/mol. The number of ketones is 1. The number of rotatable bonds is 5. The molecule has 1 fully saturated rings. The van der Waals surface area contributed by atoms with Crippen molar-refractivity contribution in [3.8, 4) is 0 Å². The van der Waals surface area contributed by atoms with Crippen LogP contribution in [-0.2, 0) is 11.2 Å². The van der Waals surface area contributed by atoms with E-state index in [9.17, 15) is 9.18 Å². The first-order chi connectivity index (χ1) is 9.59. The lowest BCUT2D eigenvalue weighted by Crippen LogP contribution is -2.43. The van der Waals surface area contributed by atoms with Crippen molar-refractivity contribution in [2.24, 2.45) is 5.41 Å². The molecule has 0 aromatic heterocycles. The Morgan fingerprint density at radius 1 is 1.40 bits per heavy atom. The summed E-state index contributed by atoms with van der Waals surface area (Å²) in [6.07, 6.45) is 3.62. The van der Waals surface area contributed by atoms with E-state index in [-0.39, 0.29) is 23.4 Å². The van der Waals surface area contributed by atoms with Gasteiger partial charge in [-0.2, -0.15) is 0 Å². The Bertz CT molecular complexity index is 458. The Labute approximate surface area is 124 Å². The Morgan fingerprint density at radius 2 is 2.10 bits per heavy atom. The minimum atomic E-state index is -0.383. The molecule has 0 unspecified atom stereocenters. The number of nitrogens with one attached hydrogen (secondary N) is 1. The molecule has 1 aliphatic heterocycles. The van der Waals surface area contributed by atoms with Crippen LogP contribution in [0.3, 0.4) is 0 Å². The summed E-state index contributed by atoms with van der Waals surface area (Å²) in [5, 5.41) is 3.63. The van der Waals surface area contributed by atoms with Crippen LogP contribution in [0.1, 0.15) is 38.2 Å². The molecule has 1 aromatic carbocycles. The third-order valence-corrected chi connectivity index (χ3v) is 4.63. The van der Waals surface area contributed by atoms with Gasteiger partial charge in [-0.15, -0.1) is 0 Å². The maximum atomic E-state index is 13.8. The van der Waals surface area contributed by atoms with Crippen molar-refractivity contribution in [1.29, 1.82) is 0 Å². The quantitative estimate of drug-likeness (QED) is 0.896. The number of carbonyl (C=O) groups excluding carboxylic acids is 1. The van der Waals surface area contributed by atoms with Gasteiger partial charge >= 0.3 is 0 Å². The highest BCUT2D eigenvalue weighted by Gasteiger charge is 2.38. The van der Waals surface area contributed by atoms with E-state index in [2.05, 4.69) is 12.2 Å². The van der Waals surface area contributed by atoms with Crippen LogP contribution in [-0.4, -0.2) is 18.9 Å². The lowest BCUT2D eigenvalue weighted by molar-refractivity contribution is -0.130. The summed E-state index contributed by atoms with van der Waals surface area (Å²) in [6.45, 7) is 3.81. The summed E-state index contributed by atoms with van der Waals surface area (Å²) in [6, 6.07) is 4.57. The first-order valence-corrected chi connectivity index (χ1v) is 7.64. The lowest BCUT2D eigenvalue weighted by Gasteiger charge is -2.36. The highest BCUT2D eigenvalue weighted by atomic mass is 35.5. The maximum absolute atomic E-state index is 13.8. The van der Waals surface area contributed by atoms with E-state index in [0.717, 1.165) is 38.8 Å². The maximum Gasteiger partial charge on any atom is 0.143 e. The van der Waals surface area contributed by atoms with Crippen LogP contribution in [0.25, 0.3) is 0 Å². The third kappa shape index (κ3) is 3.21. The Hall–Kier alpha value is -0.930. The summed E-state index contributed by atoms with van der Waals surface area (Å²) < 4.78 is 13.8. The van der Waals surface area contributed by atoms with Gasteiger partial charge in [-0.25, -0.2) is 4.39 Å². The summed E-state index contributed by atoms with van der Waals surface area (Å²) in [7, 11) is 0. The highest BCUT2D eigenvalue weighted by molar-refractivity contribution is 6.31. The normalized spacial score (nSPS) is 17.9. The van der Waals surface area contributed by atoms with Crippen molar-refractivity contribution in [3.05, 3.63) is 34.6 Å². The molecule has 2 nitrogen and oxygen atoms in total. The van der Waals surface area contributed by atoms with E-state index in [4.69, 9.17) is 11.6 Å². The number of piperidine rings is 1. The van der Waals surface area contributed by atoms with Crippen molar-refractivity contribution in [2.75, 3.05) is 13.1 Å². The van der Waals surface area contributed by atoms with Gasteiger partial charge in [0.05, 0.1) is 0 Å². The Kier molecular flexibility index (Phi) is 5.17. The van der Waals surface area contributed by atoms with Crippen LogP contribution in [0.5, 0.6) is 0 Å². The Morgan fingerprint density at radius 3 is 2.70 bits per heavy atom. The van der Waals surface area contributed by atoms with Crippen LogP contribution in [0.4, 0.5) is 4.39 Å². The van der Waals surface area contributed by atoms with Crippen molar-refractivity contribution < 1.29 is 9.18 Å². The van der Waals surface area contributed by atoms with Crippen LogP contribution in [0, 0.1) is 11.2 Å². The molecule has 0 spiro atoms. The van der Waals surface area contributed by atoms with Gasteiger partial charge < -0.3 is 5.32 Å². The molecule has 0 bridgehead atoms. The molecule has 1 N–H and O–H groups in total. The number of Topliss-reactive ketones (excluding diaryl/α,β-unsaturated/α-hetero) is 1. The predicted molar refractivity (Wildman–Crippen MR) is 79.6 cm³/mol. The fraction of sp³-hybridized carbons (Fsp3) is 0.562. The van der Waals surface area contributed by atoms with Crippen molar-refractivity contribution in [2.45, 2.75) is 39.0 Å². The van der Waals surface area contributed by atoms with Gasteiger partial charge in [0.15, 0.2) is 0 Å². The highest BCUT2D eigenvalue weighted by Crippen LogP contribution is 2.37. The fourth-order valence-electron chi connectivity index (χ4n) is 3.10.